The van der Waals surface area contributed by atoms with Gasteiger partial charge in [-0.1, -0.05) is 24.3 Å². The molecule has 1 N–H and O–H groups in total. The Bertz CT molecular complexity index is 665. The molecule has 2 heterocycles. The summed E-state index contributed by atoms with van der Waals surface area (Å²) in [5.74, 6) is -0.0172. The highest BCUT2D eigenvalue weighted by Crippen LogP contribution is 2.19. The average molecular weight is 285 g/mol. The summed E-state index contributed by atoms with van der Waals surface area (Å²) in [6.07, 6.45) is 0.103. The third-order valence-corrected chi connectivity index (χ3v) is 3.65. The van der Waals surface area contributed by atoms with E-state index in [4.69, 9.17) is 0 Å². The smallest absolute Gasteiger partial charge is 0.266 e. The number of thiophene rings is 1. The molecule has 100 valence electrons. The number of rotatable bonds is 2. The van der Waals surface area contributed by atoms with Crippen LogP contribution in [-0.2, 0) is 4.79 Å². The zero-order valence-corrected chi connectivity index (χ0v) is 11.3. The van der Waals surface area contributed by atoms with Gasteiger partial charge < -0.3 is 5.32 Å². The molecule has 1 aliphatic rings. The Balaban J connectivity index is 1.76. The molecule has 0 saturated carbocycles. The van der Waals surface area contributed by atoms with Crippen LogP contribution in [0.3, 0.4) is 0 Å². The van der Waals surface area contributed by atoms with E-state index in [0.717, 1.165) is 0 Å². The number of nitrogens with zero attached hydrogens (tertiary/aromatic N) is 2. The number of amides is 2. The molecule has 1 aromatic carbocycles. The first-order valence-electron chi connectivity index (χ1n) is 6.04. The fourth-order valence-corrected chi connectivity index (χ4v) is 2.49. The lowest BCUT2D eigenvalue weighted by atomic mass is 10.3. The Labute approximate surface area is 119 Å². The van der Waals surface area contributed by atoms with Crippen LogP contribution < -0.4 is 10.3 Å². The lowest BCUT2D eigenvalue weighted by molar-refractivity contribution is -0.116. The predicted molar refractivity (Wildman–Crippen MR) is 77.8 cm³/mol. The minimum atomic E-state index is -0.235. The lowest BCUT2D eigenvalue weighted by Crippen LogP contribution is -2.29. The summed E-state index contributed by atoms with van der Waals surface area (Å²) >= 11 is 1.35. The fraction of sp³-hybridized carbons (Fsp3) is 0.0714. The maximum atomic E-state index is 11.9. The van der Waals surface area contributed by atoms with Gasteiger partial charge in [0.2, 0.25) is 0 Å². The number of anilines is 1. The first-order chi connectivity index (χ1) is 9.74. The molecular formula is C14H11N3O2S. The van der Waals surface area contributed by atoms with Crippen molar-refractivity contribution in [2.45, 2.75) is 6.42 Å². The molecule has 0 radical (unpaired) electrons. The summed E-state index contributed by atoms with van der Waals surface area (Å²) in [6.45, 7) is 0. The zero-order chi connectivity index (χ0) is 13.9. The molecule has 0 spiro atoms. The fourth-order valence-electron chi connectivity index (χ4n) is 1.87. The van der Waals surface area contributed by atoms with Gasteiger partial charge in [0.1, 0.15) is 5.84 Å². The van der Waals surface area contributed by atoms with E-state index in [0.29, 0.717) is 16.4 Å². The Kier molecular flexibility index (Phi) is 3.30. The van der Waals surface area contributed by atoms with Gasteiger partial charge in [0, 0.05) is 0 Å². The standard InChI is InChI=1S/C14H11N3O2S/c18-13-9-12(15-14(19)11-7-4-8-20-11)16-17(13)10-5-2-1-3-6-10/h1-8H,9H2,(H,15,16,19). The molecule has 2 aromatic rings. The van der Waals surface area contributed by atoms with Crippen LogP contribution in [0.4, 0.5) is 5.69 Å². The zero-order valence-electron chi connectivity index (χ0n) is 10.4. The molecule has 1 aliphatic heterocycles. The number of carbonyl (C=O) groups is 2. The number of amidine groups is 1. The highest BCUT2D eigenvalue weighted by Gasteiger charge is 2.26. The number of hydrogen-bond acceptors (Lipinski definition) is 4. The van der Waals surface area contributed by atoms with Crippen LogP contribution in [0.1, 0.15) is 16.1 Å². The Morgan fingerprint density at radius 3 is 2.70 bits per heavy atom. The first-order valence-corrected chi connectivity index (χ1v) is 6.92. The maximum Gasteiger partial charge on any atom is 0.266 e. The minimum absolute atomic E-state index is 0.103. The van der Waals surface area contributed by atoms with E-state index in [1.807, 2.05) is 23.6 Å². The van der Waals surface area contributed by atoms with Crippen molar-refractivity contribution in [3.63, 3.8) is 0 Å². The SMILES string of the molecule is O=C(NC1=NN(c2ccccc2)C(=O)C1)c1cccs1. The molecule has 1 aromatic heterocycles. The molecule has 20 heavy (non-hydrogen) atoms. The van der Waals surface area contributed by atoms with E-state index in [-0.39, 0.29) is 18.2 Å². The normalized spacial score (nSPS) is 14.3. The molecule has 0 unspecified atom stereocenters. The summed E-state index contributed by atoms with van der Waals surface area (Å²) in [5.41, 5.74) is 0.692. The molecule has 6 heteroatoms. The summed E-state index contributed by atoms with van der Waals surface area (Å²) in [5, 5.41) is 9.97. The summed E-state index contributed by atoms with van der Waals surface area (Å²) in [7, 11) is 0. The van der Waals surface area contributed by atoms with E-state index in [1.165, 1.54) is 16.3 Å². The molecule has 2 amide bonds. The van der Waals surface area contributed by atoms with Crippen molar-refractivity contribution in [2.24, 2.45) is 5.10 Å². The molecule has 0 fully saturated rings. The second-order valence-corrected chi connectivity index (χ2v) is 5.14. The van der Waals surface area contributed by atoms with E-state index in [1.54, 1.807) is 24.3 Å². The van der Waals surface area contributed by atoms with Gasteiger partial charge in [0.25, 0.3) is 11.8 Å². The van der Waals surface area contributed by atoms with E-state index < -0.39 is 0 Å². The van der Waals surface area contributed by atoms with E-state index in [9.17, 15) is 9.59 Å². The van der Waals surface area contributed by atoms with Crippen LogP contribution in [0.15, 0.2) is 52.9 Å². The van der Waals surface area contributed by atoms with Gasteiger partial charge in [-0.15, -0.1) is 11.3 Å². The molecule has 5 nitrogen and oxygen atoms in total. The number of hydrogen-bond donors (Lipinski definition) is 1. The maximum absolute atomic E-state index is 11.9. The van der Waals surface area contributed by atoms with Gasteiger partial charge in [0.05, 0.1) is 17.0 Å². The van der Waals surface area contributed by atoms with Gasteiger partial charge in [-0.05, 0) is 23.6 Å². The predicted octanol–water partition coefficient (Wildman–Crippen LogP) is 2.23. The Morgan fingerprint density at radius 1 is 1.20 bits per heavy atom. The summed E-state index contributed by atoms with van der Waals surface area (Å²) in [4.78, 5) is 24.4. The van der Waals surface area contributed by atoms with Crippen molar-refractivity contribution in [2.75, 3.05) is 5.01 Å². The third kappa shape index (κ3) is 2.46. The number of carbonyl (C=O) groups excluding carboxylic acids is 2. The van der Waals surface area contributed by atoms with Crippen molar-refractivity contribution in [1.29, 1.82) is 0 Å². The van der Waals surface area contributed by atoms with Crippen LogP contribution in [0, 0.1) is 0 Å². The van der Waals surface area contributed by atoms with Crippen molar-refractivity contribution in [1.82, 2.24) is 5.32 Å². The molecule has 3 rings (SSSR count). The van der Waals surface area contributed by atoms with Crippen LogP contribution in [0.2, 0.25) is 0 Å². The van der Waals surface area contributed by atoms with Crippen LogP contribution in [0.25, 0.3) is 0 Å². The van der Waals surface area contributed by atoms with Crippen molar-refractivity contribution < 1.29 is 9.59 Å². The number of para-hydroxylation sites is 1. The number of nitrogens with one attached hydrogen (secondary N) is 1. The Hall–Kier alpha value is -2.47. The second kappa shape index (κ2) is 5.26. The summed E-state index contributed by atoms with van der Waals surface area (Å²) < 4.78 is 0. The minimum Gasteiger partial charge on any atom is -0.307 e. The highest BCUT2D eigenvalue weighted by atomic mass is 32.1. The average Bonchev–Trinajstić information content (AvgIpc) is 3.09. The van der Waals surface area contributed by atoms with E-state index >= 15 is 0 Å². The molecule has 0 bridgehead atoms. The first kappa shape index (κ1) is 12.6. The number of hydrazone groups is 1. The van der Waals surface area contributed by atoms with Crippen LogP contribution >= 0.6 is 11.3 Å². The monoisotopic (exact) mass is 285 g/mol. The Morgan fingerprint density at radius 2 is 2.00 bits per heavy atom. The third-order valence-electron chi connectivity index (χ3n) is 2.78. The highest BCUT2D eigenvalue weighted by molar-refractivity contribution is 7.12. The van der Waals surface area contributed by atoms with Crippen LogP contribution in [0.5, 0.6) is 0 Å². The van der Waals surface area contributed by atoms with Gasteiger partial charge in [0.15, 0.2) is 0 Å². The van der Waals surface area contributed by atoms with Crippen molar-refractivity contribution in [3.05, 3.63) is 52.7 Å². The molecular weight excluding hydrogens is 274 g/mol. The van der Waals surface area contributed by atoms with Crippen LogP contribution in [-0.4, -0.2) is 17.6 Å². The molecule has 0 aliphatic carbocycles. The second-order valence-electron chi connectivity index (χ2n) is 4.20. The van der Waals surface area contributed by atoms with Gasteiger partial charge >= 0.3 is 0 Å². The van der Waals surface area contributed by atoms with Gasteiger partial charge in [-0.2, -0.15) is 10.1 Å². The van der Waals surface area contributed by atoms with Gasteiger partial charge in [-0.3, -0.25) is 9.59 Å². The van der Waals surface area contributed by atoms with Crippen molar-refractivity contribution >= 4 is 34.7 Å². The van der Waals surface area contributed by atoms with E-state index in [2.05, 4.69) is 10.4 Å². The van der Waals surface area contributed by atoms with Gasteiger partial charge in [-0.25, -0.2) is 0 Å². The largest absolute Gasteiger partial charge is 0.307 e. The lowest BCUT2D eigenvalue weighted by Gasteiger charge is -2.10. The quantitative estimate of drug-likeness (QED) is 0.919. The topological polar surface area (TPSA) is 61.8 Å². The molecule has 0 atom stereocenters. The molecule has 0 saturated heterocycles. The summed E-state index contributed by atoms with van der Waals surface area (Å²) in [6, 6.07) is 12.7. The van der Waals surface area contributed by atoms with Crippen molar-refractivity contribution in [3.8, 4) is 0 Å². The number of benzene rings is 1.